The maximum atomic E-state index is 13.1. The van der Waals surface area contributed by atoms with E-state index in [1.54, 1.807) is 0 Å². The molecule has 2 fully saturated rings. The number of hydrogen-bond acceptors (Lipinski definition) is 3. The number of rotatable bonds is 5. The molecule has 0 aromatic heterocycles. The molecule has 1 aromatic rings. The van der Waals surface area contributed by atoms with E-state index in [-0.39, 0.29) is 23.9 Å². The Morgan fingerprint density at radius 1 is 1.08 bits per heavy atom. The lowest BCUT2D eigenvalue weighted by Gasteiger charge is -2.38. The van der Waals surface area contributed by atoms with Crippen LogP contribution in [0.15, 0.2) is 30.3 Å². The molecular formula is C20H30N4O2. The maximum absolute atomic E-state index is 13.1. The first kappa shape index (κ1) is 18.7. The predicted molar refractivity (Wildman–Crippen MR) is 103 cm³/mol. The van der Waals surface area contributed by atoms with E-state index in [0.717, 1.165) is 50.8 Å². The van der Waals surface area contributed by atoms with Gasteiger partial charge in [0.2, 0.25) is 5.91 Å². The lowest BCUT2D eigenvalue weighted by atomic mass is 9.92. The van der Waals surface area contributed by atoms with Crippen LogP contribution in [-0.2, 0) is 4.79 Å². The van der Waals surface area contributed by atoms with Crippen LogP contribution in [0.4, 0.5) is 10.5 Å². The minimum absolute atomic E-state index is 0.0683. The molecule has 1 unspecified atom stereocenters. The summed E-state index contributed by atoms with van der Waals surface area (Å²) in [6, 6.07) is 9.23. The van der Waals surface area contributed by atoms with Gasteiger partial charge >= 0.3 is 6.03 Å². The van der Waals surface area contributed by atoms with Gasteiger partial charge in [0.25, 0.3) is 0 Å². The van der Waals surface area contributed by atoms with Gasteiger partial charge in [-0.1, -0.05) is 24.6 Å². The normalized spacial score (nSPS) is 25.7. The Bertz CT molecular complexity index is 607. The van der Waals surface area contributed by atoms with E-state index < -0.39 is 0 Å². The minimum atomic E-state index is -0.227. The quantitative estimate of drug-likeness (QED) is 0.756. The minimum Gasteiger partial charge on any atom is -0.338 e. The molecule has 1 aromatic carbocycles. The van der Waals surface area contributed by atoms with Crippen LogP contribution in [-0.4, -0.2) is 42.5 Å². The Balaban J connectivity index is 1.55. The van der Waals surface area contributed by atoms with Gasteiger partial charge in [0.05, 0.1) is 0 Å². The lowest BCUT2D eigenvalue weighted by Crippen LogP contribution is -2.52. The molecule has 1 aliphatic carbocycles. The first-order valence-electron chi connectivity index (χ1n) is 9.79. The van der Waals surface area contributed by atoms with Gasteiger partial charge in [-0.2, -0.15) is 0 Å². The van der Waals surface area contributed by atoms with Crippen LogP contribution in [0.2, 0.25) is 0 Å². The molecule has 0 radical (unpaired) electrons. The average molecular weight is 358 g/mol. The number of carbonyl (C=O) groups excluding carboxylic acids is 2. The summed E-state index contributed by atoms with van der Waals surface area (Å²) in [7, 11) is 0. The van der Waals surface area contributed by atoms with Crippen LogP contribution in [0, 0.1) is 11.8 Å². The summed E-state index contributed by atoms with van der Waals surface area (Å²) < 4.78 is 0. The number of piperidine rings is 1. The van der Waals surface area contributed by atoms with E-state index in [1.165, 1.54) is 0 Å². The summed E-state index contributed by atoms with van der Waals surface area (Å²) in [6.07, 6.45) is 6.18. The third-order valence-electron chi connectivity index (χ3n) is 5.72. The summed E-state index contributed by atoms with van der Waals surface area (Å²) in [5.41, 5.74) is 6.62. The molecule has 3 rings (SSSR count). The van der Waals surface area contributed by atoms with Crippen LogP contribution < -0.4 is 16.4 Å². The topological polar surface area (TPSA) is 87.5 Å². The smallest absolute Gasteiger partial charge is 0.319 e. The summed E-state index contributed by atoms with van der Waals surface area (Å²) in [6.45, 7) is 1.87. The van der Waals surface area contributed by atoms with Crippen molar-refractivity contribution in [2.24, 2.45) is 17.6 Å². The number of amides is 3. The fourth-order valence-electron chi connectivity index (χ4n) is 4.27. The van der Waals surface area contributed by atoms with Crippen LogP contribution in [0.5, 0.6) is 0 Å². The Morgan fingerprint density at radius 2 is 1.88 bits per heavy atom. The zero-order valence-corrected chi connectivity index (χ0v) is 15.3. The number of para-hydroxylation sites is 1. The molecule has 3 amide bonds. The maximum Gasteiger partial charge on any atom is 0.319 e. The Hall–Kier alpha value is -2.08. The Labute approximate surface area is 155 Å². The third kappa shape index (κ3) is 4.55. The van der Waals surface area contributed by atoms with Crippen molar-refractivity contribution in [3.63, 3.8) is 0 Å². The van der Waals surface area contributed by atoms with Gasteiger partial charge in [0.15, 0.2) is 0 Å². The van der Waals surface area contributed by atoms with Crippen LogP contribution in [0.3, 0.4) is 0 Å². The molecule has 1 saturated heterocycles. The molecule has 4 N–H and O–H groups in total. The highest BCUT2D eigenvalue weighted by atomic mass is 16.2. The van der Waals surface area contributed by atoms with Gasteiger partial charge in [0.1, 0.15) is 0 Å². The monoisotopic (exact) mass is 358 g/mol. The number of carbonyl (C=O) groups is 2. The number of likely N-dealkylation sites (tertiary alicyclic amines) is 1. The van der Waals surface area contributed by atoms with Gasteiger partial charge in [-0.3, -0.25) is 4.79 Å². The summed E-state index contributed by atoms with van der Waals surface area (Å²) in [5.74, 6) is 0.631. The van der Waals surface area contributed by atoms with Gasteiger partial charge in [0, 0.05) is 30.7 Å². The van der Waals surface area contributed by atoms with E-state index in [0.29, 0.717) is 19.0 Å². The Morgan fingerprint density at radius 3 is 2.65 bits per heavy atom. The van der Waals surface area contributed by atoms with Crippen molar-refractivity contribution in [1.29, 1.82) is 0 Å². The van der Waals surface area contributed by atoms with Gasteiger partial charge in [-0.15, -0.1) is 0 Å². The largest absolute Gasteiger partial charge is 0.338 e. The lowest BCUT2D eigenvalue weighted by molar-refractivity contribution is -0.140. The molecule has 1 aliphatic heterocycles. The zero-order chi connectivity index (χ0) is 18.4. The highest BCUT2D eigenvalue weighted by Crippen LogP contribution is 2.34. The van der Waals surface area contributed by atoms with E-state index in [2.05, 4.69) is 10.6 Å². The molecule has 3 atom stereocenters. The first-order chi connectivity index (χ1) is 12.7. The van der Waals surface area contributed by atoms with E-state index in [1.807, 2.05) is 35.2 Å². The fraction of sp³-hybridized carbons (Fsp3) is 0.600. The molecule has 26 heavy (non-hydrogen) atoms. The van der Waals surface area contributed by atoms with Crippen molar-refractivity contribution in [3.05, 3.63) is 30.3 Å². The fourth-order valence-corrected chi connectivity index (χ4v) is 4.27. The second-order valence-corrected chi connectivity index (χ2v) is 7.42. The van der Waals surface area contributed by atoms with E-state index in [9.17, 15) is 9.59 Å². The molecule has 0 bridgehead atoms. The molecule has 1 saturated carbocycles. The summed E-state index contributed by atoms with van der Waals surface area (Å²) in [4.78, 5) is 27.2. The van der Waals surface area contributed by atoms with Crippen molar-refractivity contribution in [3.8, 4) is 0 Å². The molecular weight excluding hydrogens is 328 g/mol. The molecule has 142 valence electrons. The number of nitrogens with two attached hydrogens (primary N) is 1. The first-order valence-corrected chi connectivity index (χ1v) is 9.79. The van der Waals surface area contributed by atoms with Crippen molar-refractivity contribution in [2.75, 3.05) is 25.0 Å². The van der Waals surface area contributed by atoms with Crippen molar-refractivity contribution >= 4 is 17.6 Å². The number of hydrogen-bond donors (Lipinski definition) is 3. The number of nitrogens with one attached hydrogen (secondary N) is 2. The summed E-state index contributed by atoms with van der Waals surface area (Å²) >= 11 is 0. The molecule has 6 nitrogen and oxygen atoms in total. The van der Waals surface area contributed by atoms with Crippen molar-refractivity contribution < 1.29 is 9.59 Å². The van der Waals surface area contributed by atoms with Gasteiger partial charge in [-0.25, -0.2) is 4.79 Å². The van der Waals surface area contributed by atoms with Crippen LogP contribution in [0.25, 0.3) is 0 Å². The second kappa shape index (κ2) is 9.03. The molecule has 6 heteroatoms. The molecule has 1 heterocycles. The second-order valence-electron chi connectivity index (χ2n) is 7.42. The van der Waals surface area contributed by atoms with Gasteiger partial charge < -0.3 is 21.3 Å². The van der Waals surface area contributed by atoms with Crippen molar-refractivity contribution in [2.45, 2.75) is 44.6 Å². The SMILES string of the molecule is NC[C@H]1CCC[C@H]1C(=O)N1CCCCC1CNC(=O)Nc1ccccc1. The zero-order valence-electron chi connectivity index (χ0n) is 15.3. The standard InChI is InChI=1S/C20H30N4O2/c21-13-15-7-6-11-18(15)19(25)24-12-5-4-10-17(24)14-22-20(26)23-16-8-2-1-3-9-16/h1-3,8-9,15,17-18H,4-7,10-14,21H2,(H2,22,23,26)/t15-,17?,18-/m1/s1. The molecule has 2 aliphatic rings. The van der Waals surface area contributed by atoms with E-state index in [4.69, 9.17) is 5.73 Å². The van der Waals surface area contributed by atoms with Crippen LogP contribution >= 0.6 is 0 Å². The number of anilines is 1. The van der Waals surface area contributed by atoms with E-state index >= 15 is 0 Å². The summed E-state index contributed by atoms with van der Waals surface area (Å²) in [5, 5.41) is 5.76. The predicted octanol–water partition coefficient (Wildman–Crippen LogP) is 2.56. The highest BCUT2D eigenvalue weighted by Gasteiger charge is 2.37. The highest BCUT2D eigenvalue weighted by molar-refractivity contribution is 5.89. The van der Waals surface area contributed by atoms with Crippen molar-refractivity contribution in [1.82, 2.24) is 10.2 Å². The molecule has 0 spiro atoms. The number of urea groups is 1. The number of benzene rings is 1. The van der Waals surface area contributed by atoms with Gasteiger partial charge in [-0.05, 0) is 56.7 Å². The average Bonchev–Trinajstić information content (AvgIpc) is 3.15. The third-order valence-corrected chi connectivity index (χ3v) is 5.72. The van der Waals surface area contributed by atoms with Crippen LogP contribution in [0.1, 0.15) is 38.5 Å². The Kier molecular flexibility index (Phi) is 6.50. The number of nitrogens with zero attached hydrogens (tertiary/aromatic N) is 1.